The molecule has 0 saturated carbocycles. The van der Waals surface area contributed by atoms with Crippen molar-refractivity contribution in [2.75, 3.05) is 0 Å². The number of aromatic nitrogens is 4. The molecule has 8 nitrogen and oxygen atoms in total. The van der Waals surface area contributed by atoms with Crippen molar-refractivity contribution in [1.29, 1.82) is 0 Å². The molecule has 0 spiro atoms. The van der Waals surface area contributed by atoms with Gasteiger partial charge in [0.05, 0.1) is 16.7 Å². The van der Waals surface area contributed by atoms with Gasteiger partial charge in [-0.1, -0.05) is 6.07 Å². The normalized spacial score (nSPS) is 11.1. The molecule has 158 valence electrons. The Hall–Kier alpha value is -4.01. The topological polar surface area (TPSA) is 102 Å². The van der Waals surface area contributed by atoms with Gasteiger partial charge < -0.3 is 19.4 Å². The van der Waals surface area contributed by atoms with Crippen LogP contribution in [0, 0.1) is 12.7 Å². The fraction of sp³-hybridized carbons (Fsp3) is 0.182. The molecule has 31 heavy (non-hydrogen) atoms. The molecule has 0 unspecified atom stereocenters. The number of amides is 1. The van der Waals surface area contributed by atoms with E-state index in [4.69, 9.17) is 0 Å². The number of hydrogen-bond donors (Lipinski definition) is 2. The smallest absolute Gasteiger partial charge is 0.316 e. The summed E-state index contributed by atoms with van der Waals surface area (Å²) in [5, 5.41) is 2.74. The Balaban J connectivity index is 1.54. The van der Waals surface area contributed by atoms with Gasteiger partial charge in [-0.25, -0.2) is 9.37 Å². The van der Waals surface area contributed by atoms with Crippen LogP contribution in [0.3, 0.4) is 0 Å². The molecule has 2 aromatic carbocycles. The first kappa shape index (κ1) is 20.3. The first-order chi connectivity index (χ1) is 14.9. The number of hydrogen-bond acceptors (Lipinski definition) is 4. The van der Waals surface area contributed by atoms with Crippen LogP contribution >= 0.6 is 0 Å². The second-order valence-electron chi connectivity index (χ2n) is 7.05. The summed E-state index contributed by atoms with van der Waals surface area (Å²) in [5.41, 5.74) is 0.850. The number of aryl methyl sites for hydroxylation is 2. The molecule has 0 fully saturated rings. The number of carbonyl (C=O) groups is 1. The van der Waals surface area contributed by atoms with E-state index in [2.05, 4.69) is 15.3 Å². The maximum absolute atomic E-state index is 14.5. The predicted molar refractivity (Wildman–Crippen MR) is 114 cm³/mol. The first-order valence-electron chi connectivity index (χ1n) is 9.73. The zero-order valence-electron chi connectivity index (χ0n) is 17.0. The monoisotopic (exact) mass is 421 g/mol. The van der Waals surface area contributed by atoms with Gasteiger partial charge in [0.15, 0.2) is 0 Å². The van der Waals surface area contributed by atoms with Crippen molar-refractivity contribution < 1.29 is 9.18 Å². The molecular formula is C22H20FN5O3. The molecule has 0 atom stereocenters. The van der Waals surface area contributed by atoms with Crippen LogP contribution in [0.5, 0.6) is 0 Å². The molecule has 4 aromatic rings. The molecule has 4 rings (SSSR count). The summed E-state index contributed by atoms with van der Waals surface area (Å²) in [4.78, 5) is 43.0. The van der Waals surface area contributed by atoms with Gasteiger partial charge in [-0.3, -0.25) is 14.4 Å². The van der Waals surface area contributed by atoms with Gasteiger partial charge in [-0.05, 0) is 49.7 Å². The van der Waals surface area contributed by atoms with Crippen LogP contribution in [0.15, 0.2) is 58.4 Å². The van der Waals surface area contributed by atoms with E-state index in [-0.39, 0.29) is 12.5 Å². The minimum absolute atomic E-state index is 0.127. The summed E-state index contributed by atoms with van der Waals surface area (Å²) >= 11 is 0. The number of fused-ring (bicyclic) bond motifs is 1. The second-order valence-corrected chi connectivity index (χ2v) is 7.05. The van der Waals surface area contributed by atoms with E-state index in [1.54, 1.807) is 55.1 Å². The van der Waals surface area contributed by atoms with E-state index < -0.39 is 16.9 Å². The van der Waals surface area contributed by atoms with Gasteiger partial charge in [0.1, 0.15) is 11.6 Å². The highest BCUT2D eigenvalue weighted by atomic mass is 19.1. The van der Waals surface area contributed by atoms with E-state index in [0.29, 0.717) is 40.2 Å². The average molecular weight is 421 g/mol. The third kappa shape index (κ3) is 3.77. The van der Waals surface area contributed by atoms with Gasteiger partial charge in [0.25, 0.3) is 5.91 Å². The van der Waals surface area contributed by atoms with Crippen molar-refractivity contribution in [3.05, 3.63) is 92.3 Å². The van der Waals surface area contributed by atoms with Crippen LogP contribution in [-0.2, 0) is 13.1 Å². The van der Waals surface area contributed by atoms with Gasteiger partial charge >= 0.3 is 11.1 Å². The Labute approximate surface area is 176 Å². The number of nitrogens with zero attached hydrogens (tertiary/aromatic N) is 3. The number of carbonyl (C=O) groups excluding carboxylic acids is 1. The Morgan fingerprint density at radius 3 is 2.68 bits per heavy atom. The number of rotatable bonds is 5. The van der Waals surface area contributed by atoms with Crippen LogP contribution in [0.1, 0.15) is 28.7 Å². The standard InChI is InChI=1S/C22H20FN5O3/c1-3-27-19-7-5-15(11-17(19)26-21(30)22(27)31)20(29)25-12-14-4-6-18(16(23)10-14)28-9-8-24-13(28)2/h4-11H,3,12H2,1-2H3,(H,25,29)(H,26,30). The lowest BCUT2D eigenvalue weighted by Crippen LogP contribution is -2.36. The predicted octanol–water partition coefficient (Wildman–Crippen LogP) is 2.27. The summed E-state index contributed by atoms with van der Waals surface area (Å²) in [6.07, 6.45) is 3.27. The minimum atomic E-state index is -0.740. The molecule has 2 heterocycles. The van der Waals surface area contributed by atoms with Crippen molar-refractivity contribution >= 4 is 16.9 Å². The lowest BCUT2D eigenvalue weighted by Gasteiger charge is -2.11. The van der Waals surface area contributed by atoms with E-state index in [9.17, 15) is 18.8 Å². The Kier molecular flexibility index (Phi) is 5.24. The van der Waals surface area contributed by atoms with Crippen molar-refractivity contribution in [1.82, 2.24) is 24.4 Å². The van der Waals surface area contributed by atoms with Crippen molar-refractivity contribution in [2.45, 2.75) is 26.9 Å². The molecular weight excluding hydrogens is 401 g/mol. The van der Waals surface area contributed by atoms with Crippen LogP contribution in [0.2, 0.25) is 0 Å². The lowest BCUT2D eigenvalue weighted by atomic mass is 10.1. The molecule has 0 aliphatic rings. The fourth-order valence-electron chi connectivity index (χ4n) is 3.51. The number of nitrogens with one attached hydrogen (secondary N) is 2. The summed E-state index contributed by atoms with van der Waals surface area (Å²) in [7, 11) is 0. The molecule has 0 aliphatic heterocycles. The first-order valence-corrected chi connectivity index (χ1v) is 9.73. The number of benzene rings is 2. The number of halogens is 1. The molecule has 9 heteroatoms. The Bertz CT molecular complexity index is 1420. The summed E-state index contributed by atoms with van der Waals surface area (Å²) in [6, 6.07) is 9.45. The van der Waals surface area contributed by atoms with Crippen molar-refractivity contribution in [3.8, 4) is 5.69 Å². The average Bonchev–Trinajstić information content (AvgIpc) is 3.18. The van der Waals surface area contributed by atoms with Gasteiger partial charge in [-0.15, -0.1) is 0 Å². The van der Waals surface area contributed by atoms with Crippen LogP contribution in [-0.4, -0.2) is 25.0 Å². The summed E-state index contributed by atoms with van der Waals surface area (Å²) in [5.74, 6) is -0.136. The van der Waals surface area contributed by atoms with E-state index in [1.165, 1.54) is 16.7 Å². The highest BCUT2D eigenvalue weighted by molar-refractivity contribution is 5.97. The molecule has 0 aliphatic carbocycles. The molecule has 2 aromatic heterocycles. The van der Waals surface area contributed by atoms with E-state index in [0.717, 1.165) is 0 Å². The molecule has 0 radical (unpaired) electrons. The lowest BCUT2D eigenvalue weighted by molar-refractivity contribution is 0.0951. The summed E-state index contributed by atoms with van der Waals surface area (Å²) in [6.45, 7) is 4.01. The largest absolute Gasteiger partial charge is 0.348 e. The highest BCUT2D eigenvalue weighted by Gasteiger charge is 2.12. The molecule has 0 saturated heterocycles. The van der Waals surface area contributed by atoms with Gasteiger partial charge in [0.2, 0.25) is 0 Å². The quantitative estimate of drug-likeness (QED) is 0.483. The molecule has 1 amide bonds. The minimum Gasteiger partial charge on any atom is -0.348 e. The zero-order chi connectivity index (χ0) is 22.1. The molecule has 2 N–H and O–H groups in total. The number of aromatic amines is 1. The SMILES string of the molecule is CCn1c(=O)c(=O)[nH]c2cc(C(=O)NCc3ccc(-n4ccnc4C)c(F)c3)ccc21. The second kappa shape index (κ2) is 8.02. The Morgan fingerprint density at radius 1 is 1.19 bits per heavy atom. The van der Waals surface area contributed by atoms with Crippen molar-refractivity contribution in [3.63, 3.8) is 0 Å². The highest BCUT2D eigenvalue weighted by Crippen LogP contribution is 2.17. The van der Waals surface area contributed by atoms with Gasteiger partial charge in [-0.2, -0.15) is 0 Å². The van der Waals surface area contributed by atoms with Crippen molar-refractivity contribution in [2.24, 2.45) is 0 Å². The van der Waals surface area contributed by atoms with E-state index >= 15 is 0 Å². The van der Waals surface area contributed by atoms with Gasteiger partial charge in [0, 0.05) is 31.0 Å². The van der Waals surface area contributed by atoms with Crippen LogP contribution in [0.4, 0.5) is 4.39 Å². The van der Waals surface area contributed by atoms with Crippen LogP contribution in [0.25, 0.3) is 16.7 Å². The third-order valence-electron chi connectivity index (χ3n) is 5.10. The maximum atomic E-state index is 14.5. The van der Waals surface area contributed by atoms with E-state index in [1.807, 2.05) is 0 Å². The fourth-order valence-corrected chi connectivity index (χ4v) is 3.51. The number of imidazole rings is 1. The number of H-pyrrole nitrogens is 1. The maximum Gasteiger partial charge on any atom is 0.316 e. The zero-order valence-corrected chi connectivity index (χ0v) is 17.0. The van der Waals surface area contributed by atoms with Crippen LogP contribution < -0.4 is 16.4 Å². The summed E-state index contributed by atoms with van der Waals surface area (Å²) < 4.78 is 17.5. The third-order valence-corrected chi connectivity index (χ3v) is 5.10. The molecule has 0 bridgehead atoms. The Morgan fingerprint density at radius 2 is 2.00 bits per heavy atom.